The molecule has 0 aliphatic heterocycles. The molecular weight excluding hydrogens is 291 g/mol. The van der Waals surface area contributed by atoms with Gasteiger partial charge in [-0.2, -0.15) is 0 Å². The normalized spacial score (nSPS) is 10.3. The van der Waals surface area contributed by atoms with Crippen LogP contribution in [0.1, 0.15) is 16.4 Å². The number of nitrogens with zero attached hydrogens (tertiary/aromatic N) is 2. The van der Waals surface area contributed by atoms with Gasteiger partial charge in [0.25, 0.3) is 5.91 Å². The van der Waals surface area contributed by atoms with Gasteiger partial charge in [0, 0.05) is 4.47 Å². The van der Waals surface area contributed by atoms with Gasteiger partial charge in [-0.25, -0.2) is 9.37 Å². The fourth-order valence-electron chi connectivity index (χ4n) is 1.23. The Morgan fingerprint density at radius 1 is 1.53 bits per heavy atom. The van der Waals surface area contributed by atoms with Crippen molar-refractivity contribution in [2.75, 3.05) is 5.32 Å². The summed E-state index contributed by atoms with van der Waals surface area (Å²) in [5.41, 5.74) is 0.0694. The van der Waals surface area contributed by atoms with Gasteiger partial charge >= 0.3 is 0 Å². The zero-order valence-corrected chi connectivity index (χ0v) is 10.4. The predicted octanol–water partition coefficient (Wildman–Crippen LogP) is 2.27. The third-order valence-corrected chi connectivity index (χ3v) is 2.66. The van der Waals surface area contributed by atoms with E-state index in [2.05, 4.69) is 36.4 Å². The minimum atomic E-state index is -0.569. The van der Waals surface area contributed by atoms with Gasteiger partial charge in [-0.3, -0.25) is 9.89 Å². The summed E-state index contributed by atoms with van der Waals surface area (Å²) in [6.45, 7) is 1.67. The van der Waals surface area contributed by atoms with Gasteiger partial charge in [0.15, 0.2) is 0 Å². The number of benzene rings is 1. The van der Waals surface area contributed by atoms with E-state index in [0.717, 1.165) is 0 Å². The topological polar surface area (TPSA) is 70.7 Å². The first-order valence-corrected chi connectivity index (χ1v) is 5.51. The lowest BCUT2D eigenvalue weighted by molar-refractivity contribution is 0.101. The van der Waals surface area contributed by atoms with Crippen LogP contribution in [0.5, 0.6) is 0 Å². The van der Waals surface area contributed by atoms with Crippen LogP contribution in [-0.2, 0) is 0 Å². The average molecular weight is 299 g/mol. The Morgan fingerprint density at radius 2 is 2.29 bits per heavy atom. The van der Waals surface area contributed by atoms with Crippen LogP contribution in [0.15, 0.2) is 22.7 Å². The molecule has 0 atom stereocenters. The molecule has 1 aromatic heterocycles. The molecular formula is C10H8BrFN4O. The van der Waals surface area contributed by atoms with Crippen molar-refractivity contribution in [1.82, 2.24) is 15.2 Å². The van der Waals surface area contributed by atoms with Gasteiger partial charge in [0.2, 0.25) is 5.82 Å². The second-order valence-electron chi connectivity index (χ2n) is 3.30. The predicted molar refractivity (Wildman–Crippen MR) is 63.2 cm³/mol. The number of carbonyl (C=O) groups excluding carboxylic acids is 1. The Labute approximate surface area is 105 Å². The van der Waals surface area contributed by atoms with Gasteiger partial charge in [-0.05, 0) is 35.0 Å². The van der Waals surface area contributed by atoms with E-state index in [4.69, 9.17) is 0 Å². The van der Waals surface area contributed by atoms with E-state index in [1.807, 2.05) is 0 Å². The van der Waals surface area contributed by atoms with E-state index in [1.54, 1.807) is 13.0 Å². The summed E-state index contributed by atoms with van der Waals surface area (Å²) in [5.74, 6) is -0.611. The number of rotatable bonds is 2. The minimum absolute atomic E-state index is 0.0300. The number of nitrogens with one attached hydrogen (secondary N) is 2. The van der Waals surface area contributed by atoms with Gasteiger partial charge in [-0.15, -0.1) is 5.10 Å². The van der Waals surface area contributed by atoms with Gasteiger partial charge in [-0.1, -0.05) is 6.07 Å². The molecule has 0 radical (unpaired) electrons. The maximum Gasteiger partial charge on any atom is 0.295 e. The average Bonchev–Trinajstić information content (AvgIpc) is 2.70. The molecule has 2 aromatic rings. The Hall–Kier alpha value is -1.76. The molecule has 0 aliphatic carbocycles. The molecule has 0 fully saturated rings. The second-order valence-corrected chi connectivity index (χ2v) is 4.15. The minimum Gasteiger partial charge on any atom is -0.316 e. The number of hydrogen-bond donors (Lipinski definition) is 2. The maximum atomic E-state index is 13.4. The zero-order chi connectivity index (χ0) is 12.4. The van der Waals surface area contributed by atoms with Crippen molar-refractivity contribution in [3.63, 3.8) is 0 Å². The Bertz CT molecular complexity index is 549. The van der Waals surface area contributed by atoms with Crippen LogP contribution < -0.4 is 5.32 Å². The Balaban J connectivity index is 2.24. The summed E-state index contributed by atoms with van der Waals surface area (Å²) in [4.78, 5) is 15.5. The number of carbonyl (C=O) groups is 1. The highest BCUT2D eigenvalue weighted by Gasteiger charge is 2.15. The van der Waals surface area contributed by atoms with Crippen LogP contribution in [0, 0.1) is 12.7 Å². The highest BCUT2D eigenvalue weighted by Crippen LogP contribution is 2.25. The van der Waals surface area contributed by atoms with Crippen molar-refractivity contribution in [3.05, 3.63) is 40.1 Å². The van der Waals surface area contributed by atoms with E-state index in [0.29, 0.717) is 10.3 Å². The van der Waals surface area contributed by atoms with Crippen LogP contribution in [0.2, 0.25) is 0 Å². The summed E-state index contributed by atoms with van der Waals surface area (Å²) in [6, 6.07) is 4.41. The summed E-state index contributed by atoms with van der Waals surface area (Å²) in [5, 5.41) is 8.62. The van der Waals surface area contributed by atoms with E-state index in [9.17, 15) is 9.18 Å². The lowest BCUT2D eigenvalue weighted by Gasteiger charge is -2.06. The number of hydrogen-bond acceptors (Lipinski definition) is 3. The summed E-state index contributed by atoms with van der Waals surface area (Å²) >= 11 is 3.15. The number of anilines is 1. The fraction of sp³-hybridized carbons (Fsp3) is 0.100. The lowest BCUT2D eigenvalue weighted by atomic mass is 10.3. The molecule has 5 nitrogen and oxygen atoms in total. The number of H-pyrrole nitrogens is 1. The summed E-state index contributed by atoms with van der Waals surface area (Å²) < 4.78 is 13.9. The Kier molecular flexibility index (Phi) is 3.19. The molecule has 0 unspecified atom stereocenters. The SMILES string of the molecule is Cc1nc(C(=O)Nc2c(F)cccc2Br)n[nH]1. The first-order chi connectivity index (χ1) is 8.08. The number of aryl methyl sites for hydroxylation is 1. The molecule has 1 heterocycles. The van der Waals surface area contributed by atoms with Crippen molar-refractivity contribution in [2.45, 2.75) is 6.92 Å². The van der Waals surface area contributed by atoms with E-state index in [1.165, 1.54) is 12.1 Å². The Morgan fingerprint density at radius 3 is 2.88 bits per heavy atom. The van der Waals surface area contributed by atoms with E-state index < -0.39 is 11.7 Å². The fourth-order valence-corrected chi connectivity index (χ4v) is 1.67. The molecule has 2 rings (SSSR count). The van der Waals surface area contributed by atoms with E-state index >= 15 is 0 Å². The molecule has 0 spiro atoms. The first-order valence-electron chi connectivity index (χ1n) is 4.72. The van der Waals surface area contributed by atoms with Gasteiger partial charge in [0.05, 0.1) is 5.69 Å². The van der Waals surface area contributed by atoms with Crippen molar-refractivity contribution >= 4 is 27.5 Å². The number of aromatic nitrogens is 3. The summed E-state index contributed by atoms with van der Waals surface area (Å²) in [6.07, 6.45) is 0. The van der Waals surface area contributed by atoms with Crippen LogP contribution in [0.25, 0.3) is 0 Å². The molecule has 17 heavy (non-hydrogen) atoms. The largest absolute Gasteiger partial charge is 0.316 e. The molecule has 0 saturated heterocycles. The van der Waals surface area contributed by atoms with Crippen molar-refractivity contribution in [3.8, 4) is 0 Å². The third-order valence-electron chi connectivity index (χ3n) is 2.00. The second kappa shape index (κ2) is 4.62. The monoisotopic (exact) mass is 298 g/mol. The van der Waals surface area contributed by atoms with E-state index in [-0.39, 0.29) is 11.5 Å². The number of aromatic amines is 1. The maximum absolute atomic E-state index is 13.4. The smallest absolute Gasteiger partial charge is 0.295 e. The van der Waals surface area contributed by atoms with Crippen LogP contribution in [-0.4, -0.2) is 21.1 Å². The molecule has 0 aliphatic rings. The first kappa shape index (κ1) is 11.7. The quantitative estimate of drug-likeness (QED) is 0.893. The number of halogens is 2. The van der Waals surface area contributed by atoms with Gasteiger partial charge < -0.3 is 5.32 Å². The highest BCUT2D eigenvalue weighted by atomic mass is 79.9. The zero-order valence-electron chi connectivity index (χ0n) is 8.79. The van der Waals surface area contributed by atoms with Crippen molar-refractivity contribution in [1.29, 1.82) is 0 Å². The molecule has 1 aromatic carbocycles. The number of para-hydroxylation sites is 1. The highest BCUT2D eigenvalue weighted by molar-refractivity contribution is 9.10. The van der Waals surface area contributed by atoms with Crippen molar-refractivity contribution < 1.29 is 9.18 Å². The molecule has 7 heteroatoms. The molecule has 0 saturated carbocycles. The standard InChI is InChI=1S/C10H8BrFN4O/c1-5-13-9(16-15-5)10(17)14-8-6(11)3-2-4-7(8)12/h2-4H,1H3,(H,14,17)(H,13,15,16). The molecule has 88 valence electrons. The van der Waals surface area contributed by atoms with Crippen LogP contribution in [0.3, 0.4) is 0 Å². The lowest BCUT2D eigenvalue weighted by Crippen LogP contribution is -2.15. The number of amides is 1. The van der Waals surface area contributed by atoms with Crippen LogP contribution >= 0.6 is 15.9 Å². The van der Waals surface area contributed by atoms with Crippen LogP contribution in [0.4, 0.5) is 10.1 Å². The molecule has 0 bridgehead atoms. The third kappa shape index (κ3) is 2.50. The summed E-state index contributed by atoms with van der Waals surface area (Å²) in [7, 11) is 0. The van der Waals surface area contributed by atoms with Crippen molar-refractivity contribution in [2.24, 2.45) is 0 Å². The van der Waals surface area contributed by atoms with Gasteiger partial charge in [0.1, 0.15) is 11.6 Å². The molecule has 1 amide bonds. The molecule has 2 N–H and O–H groups in total.